The smallest absolute Gasteiger partial charge is 0.178 e. The first kappa shape index (κ1) is 30.4. The van der Waals surface area contributed by atoms with Crippen LogP contribution in [0, 0.1) is 22.7 Å². The molecule has 1 aromatic rings. The topological polar surface area (TPSA) is 88.8 Å². The van der Waals surface area contributed by atoms with E-state index in [1.54, 1.807) is 0 Å². The van der Waals surface area contributed by atoms with Crippen molar-refractivity contribution in [1.29, 1.82) is 10.8 Å². The molecule has 3 N–H and O–H groups in total. The maximum Gasteiger partial charge on any atom is 0.178 e. The SMILES string of the molecule is C=C1CCCC[C@@H]1/C(C)=C(\CCC)C(=N)c1nc(CC[C@@H]2CCCN2C)cc(C(=N)/C=C\NCC2CCCC2)n1. The lowest BCUT2D eigenvalue weighted by atomic mass is 9.78. The molecular weight excluding hydrogens is 492 g/mol. The zero-order valence-corrected chi connectivity index (χ0v) is 25.3. The third kappa shape index (κ3) is 7.99. The molecule has 0 aromatic carbocycles. The first-order chi connectivity index (χ1) is 19.4. The molecule has 2 saturated carbocycles. The lowest BCUT2D eigenvalue weighted by Crippen LogP contribution is -2.25. The van der Waals surface area contributed by atoms with Crippen molar-refractivity contribution < 1.29 is 0 Å². The van der Waals surface area contributed by atoms with Crippen molar-refractivity contribution in [3.05, 3.63) is 58.9 Å². The molecule has 0 bridgehead atoms. The van der Waals surface area contributed by atoms with E-state index in [1.807, 2.05) is 18.3 Å². The van der Waals surface area contributed by atoms with E-state index in [1.165, 1.54) is 62.5 Å². The molecule has 2 aliphatic carbocycles. The summed E-state index contributed by atoms with van der Waals surface area (Å²) in [5, 5.41) is 21.5. The zero-order valence-electron chi connectivity index (χ0n) is 25.3. The predicted octanol–water partition coefficient (Wildman–Crippen LogP) is 7.40. The average molecular weight is 545 g/mol. The van der Waals surface area contributed by atoms with Gasteiger partial charge in [0.25, 0.3) is 0 Å². The quantitative estimate of drug-likeness (QED) is 0.178. The second kappa shape index (κ2) is 14.9. The van der Waals surface area contributed by atoms with Crippen molar-refractivity contribution in [2.45, 2.75) is 110 Å². The average Bonchev–Trinajstić information content (AvgIpc) is 3.63. The summed E-state index contributed by atoms with van der Waals surface area (Å²) in [6, 6.07) is 2.56. The van der Waals surface area contributed by atoms with Crippen LogP contribution in [0.4, 0.5) is 0 Å². The Morgan fingerprint density at radius 3 is 2.58 bits per heavy atom. The molecule has 3 aliphatic rings. The molecule has 218 valence electrons. The summed E-state index contributed by atoms with van der Waals surface area (Å²) in [5.41, 5.74) is 5.98. The Bertz CT molecular complexity index is 1110. The van der Waals surface area contributed by atoms with Crippen LogP contribution < -0.4 is 5.32 Å². The van der Waals surface area contributed by atoms with Crippen molar-refractivity contribution in [2.75, 3.05) is 20.1 Å². The molecule has 40 heavy (non-hydrogen) atoms. The van der Waals surface area contributed by atoms with E-state index in [0.29, 0.717) is 34.9 Å². The molecule has 1 saturated heterocycles. The number of rotatable bonds is 13. The Morgan fingerprint density at radius 1 is 1.10 bits per heavy atom. The second-order valence-corrected chi connectivity index (χ2v) is 12.4. The van der Waals surface area contributed by atoms with E-state index in [0.717, 1.165) is 68.8 Å². The van der Waals surface area contributed by atoms with Crippen LogP contribution in [-0.2, 0) is 6.42 Å². The summed E-state index contributed by atoms with van der Waals surface area (Å²) in [4.78, 5) is 12.2. The van der Waals surface area contributed by atoms with Gasteiger partial charge in [-0.3, -0.25) is 10.8 Å². The summed E-state index contributed by atoms with van der Waals surface area (Å²) in [6.45, 7) is 10.9. The minimum absolute atomic E-state index is 0.350. The van der Waals surface area contributed by atoms with Crippen LogP contribution in [0.1, 0.15) is 115 Å². The third-order valence-corrected chi connectivity index (χ3v) is 9.47. The second-order valence-electron chi connectivity index (χ2n) is 12.4. The lowest BCUT2D eigenvalue weighted by molar-refractivity contribution is 0.296. The van der Waals surface area contributed by atoms with Crippen molar-refractivity contribution in [1.82, 2.24) is 20.2 Å². The Balaban J connectivity index is 1.58. The van der Waals surface area contributed by atoms with E-state index < -0.39 is 0 Å². The molecular formula is C34H52N6. The highest BCUT2D eigenvalue weighted by Crippen LogP contribution is 2.36. The molecule has 2 atom stereocenters. The van der Waals surface area contributed by atoms with Gasteiger partial charge in [0.1, 0.15) is 5.71 Å². The molecule has 1 aliphatic heterocycles. The van der Waals surface area contributed by atoms with E-state index >= 15 is 0 Å². The van der Waals surface area contributed by atoms with E-state index in [-0.39, 0.29) is 0 Å². The largest absolute Gasteiger partial charge is 0.391 e. The number of allylic oxidation sites excluding steroid dienone is 4. The summed E-state index contributed by atoms with van der Waals surface area (Å²) >= 11 is 0. The molecule has 3 fully saturated rings. The van der Waals surface area contributed by atoms with Gasteiger partial charge in [-0.25, -0.2) is 9.97 Å². The van der Waals surface area contributed by atoms with Gasteiger partial charge in [-0.1, -0.05) is 50.3 Å². The molecule has 0 amide bonds. The monoisotopic (exact) mass is 544 g/mol. The highest BCUT2D eigenvalue weighted by molar-refractivity contribution is 6.10. The molecule has 0 spiro atoms. The molecule has 6 nitrogen and oxygen atoms in total. The Morgan fingerprint density at radius 2 is 1.88 bits per heavy atom. The molecule has 1 aromatic heterocycles. The van der Waals surface area contributed by atoms with Crippen LogP contribution in [0.2, 0.25) is 0 Å². The van der Waals surface area contributed by atoms with Crippen LogP contribution in [-0.4, -0.2) is 52.5 Å². The number of aryl methyl sites for hydroxylation is 1. The normalized spacial score (nSPS) is 23.1. The summed E-state index contributed by atoms with van der Waals surface area (Å²) in [7, 11) is 2.22. The van der Waals surface area contributed by atoms with Gasteiger partial charge in [-0.2, -0.15) is 0 Å². The highest BCUT2D eigenvalue weighted by Gasteiger charge is 2.25. The maximum atomic E-state index is 9.31. The van der Waals surface area contributed by atoms with Gasteiger partial charge in [0, 0.05) is 24.2 Å². The van der Waals surface area contributed by atoms with Crippen molar-refractivity contribution in [3.63, 3.8) is 0 Å². The highest BCUT2D eigenvalue weighted by atomic mass is 15.1. The number of nitrogens with zero attached hydrogens (tertiary/aromatic N) is 3. The zero-order chi connectivity index (χ0) is 28.5. The van der Waals surface area contributed by atoms with Gasteiger partial charge >= 0.3 is 0 Å². The maximum absolute atomic E-state index is 9.31. The van der Waals surface area contributed by atoms with Crippen LogP contribution in [0.3, 0.4) is 0 Å². The van der Waals surface area contributed by atoms with Crippen molar-refractivity contribution >= 4 is 11.4 Å². The number of nitrogens with one attached hydrogen (secondary N) is 3. The molecule has 0 unspecified atom stereocenters. The van der Waals surface area contributed by atoms with Gasteiger partial charge < -0.3 is 10.2 Å². The third-order valence-electron chi connectivity index (χ3n) is 9.47. The fourth-order valence-electron chi connectivity index (χ4n) is 6.93. The number of aromatic nitrogens is 2. The van der Waals surface area contributed by atoms with Gasteiger partial charge in [0.2, 0.25) is 0 Å². The minimum atomic E-state index is 0.350. The number of likely N-dealkylation sites (tertiary alicyclic amines) is 1. The first-order valence-electron chi connectivity index (χ1n) is 15.9. The lowest BCUT2D eigenvalue weighted by Gasteiger charge is -2.28. The fourth-order valence-corrected chi connectivity index (χ4v) is 6.93. The molecule has 6 heteroatoms. The van der Waals surface area contributed by atoms with Gasteiger partial charge in [0.15, 0.2) is 5.82 Å². The Labute approximate surface area is 242 Å². The summed E-state index contributed by atoms with van der Waals surface area (Å²) in [6.07, 6.45) is 19.8. The standard InChI is InChI=1S/C34H52N6/c1-5-11-30(25(3)29-16-9-6-12-24(29)2)33(36)34-38-27(17-18-28-15-10-21-40(28)4)22-32(39-34)31(35)19-20-37-23-26-13-7-8-14-26/h19-20,22,26,28-29,35-37H,2,5-18,21,23H2,1,3-4H3/b20-19-,30-25+,35-31?,36-33?/t28-,29-/m0/s1. The summed E-state index contributed by atoms with van der Waals surface area (Å²) < 4.78 is 0. The number of hydrogen-bond acceptors (Lipinski definition) is 6. The minimum Gasteiger partial charge on any atom is -0.391 e. The van der Waals surface area contributed by atoms with E-state index in [4.69, 9.17) is 15.4 Å². The van der Waals surface area contributed by atoms with Crippen LogP contribution in [0.15, 0.2) is 41.6 Å². The first-order valence-corrected chi connectivity index (χ1v) is 15.9. The van der Waals surface area contributed by atoms with Crippen molar-refractivity contribution in [3.8, 4) is 0 Å². The van der Waals surface area contributed by atoms with Crippen molar-refractivity contribution in [2.24, 2.45) is 11.8 Å². The van der Waals surface area contributed by atoms with Gasteiger partial charge in [0.05, 0.1) is 11.4 Å². The molecule has 4 rings (SSSR count). The Kier molecular flexibility index (Phi) is 11.3. The van der Waals surface area contributed by atoms with Gasteiger partial charge in [-0.05, 0) is 115 Å². The number of hydrogen-bond donors (Lipinski definition) is 3. The Hall–Kier alpha value is -2.60. The van der Waals surface area contributed by atoms with Crippen LogP contribution in [0.5, 0.6) is 0 Å². The van der Waals surface area contributed by atoms with E-state index in [2.05, 4.69) is 37.7 Å². The fraction of sp³-hybridized carbons (Fsp3) is 0.647. The summed E-state index contributed by atoms with van der Waals surface area (Å²) in [5.74, 6) is 1.56. The predicted molar refractivity (Wildman–Crippen MR) is 167 cm³/mol. The van der Waals surface area contributed by atoms with E-state index in [9.17, 15) is 5.41 Å². The molecule has 0 radical (unpaired) electrons. The van der Waals surface area contributed by atoms with Crippen LogP contribution >= 0.6 is 0 Å². The van der Waals surface area contributed by atoms with Gasteiger partial charge in [-0.15, -0.1) is 0 Å². The van der Waals surface area contributed by atoms with Crippen LogP contribution in [0.25, 0.3) is 0 Å². The molecule has 2 heterocycles.